The summed E-state index contributed by atoms with van der Waals surface area (Å²) in [5, 5.41) is 8.48. The van der Waals surface area contributed by atoms with E-state index < -0.39 is 29.5 Å². The van der Waals surface area contributed by atoms with Gasteiger partial charge >= 0.3 is 5.97 Å². The zero-order chi connectivity index (χ0) is 10.9. The molecule has 0 atom stereocenters. The highest BCUT2D eigenvalue weighted by Crippen LogP contribution is 2.22. The fraction of sp³-hybridized carbons (Fsp3) is 0.143. The minimum absolute atomic E-state index is 0.377. The first-order valence-electron chi connectivity index (χ1n) is 3.31. The Balaban J connectivity index is 3.35. The van der Waals surface area contributed by atoms with E-state index in [-0.39, 0.29) is 3.70 Å². The van der Waals surface area contributed by atoms with Gasteiger partial charge in [0.1, 0.15) is 9.39 Å². The van der Waals surface area contributed by atoms with Gasteiger partial charge in [-0.3, -0.25) is 0 Å². The summed E-state index contributed by atoms with van der Waals surface area (Å²) in [6.07, 6.45) is -2.91. The van der Waals surface area contributed by atoms with Crippen LogP contribution in [0.1, 0.15) is 22.5 Å². The van der Waals surface area contributed by atoms with Crippen LogP contribution in [-0.2, 0) is 0 Å². The molecule has 0 aliphatic heterocycles. The molecule has 0 aromatic carbocycles. The van der Waals surface area contributed by atoms with E-state index in [9.17, 15) is 18.0 Å². The number of rotatable bonds is 2. The Morgan fingerprint density at radius 3 is 2.57 bits per heavy atom. The third-order valence-electron chi connectivity index (χ3n) is 1.39. The quantitative estimate of drug-likeness (QED) is 0.673. The van der Waals surface area contributed by atoms with Gasteiger partial charge in [-0.2, -0.15) is 0 Å². The highest BCUT2D eigenvalue weighted by Gasteiger charge is 2.19. The average molecular weight is 317 g/mol. The average Bonchev–Trinajstić information content (AvgIpc) is 2.08. The number of carboxylic acid groups (broad SMARTS) is 1. The van der Waals surface area contributed by atoms with Gasteiger partial charge in [0.05, 0.1) is 5.56 Å². The Labute approximate surface area is 90.1 Å². The second-order valence-corrected chi connectivity index (χ2v) is 3.33. The number of hydrogen-bond acceptors (Lipinski definition) is 2. The van der Waals surface area contributed by atoms with Crippen molar-refractivity contribution in [1.82, 2.24) is 4.98 Å². The van der Waals surface area contributed by atoms with Gasteiger partial charge in [0.15, 0.2) is 5.82 Å². The molecule has 3 nitrogen and oxygen atoms in total. The van der Waals surface area contributed by atoms with Gasteiger partial charge in [0.25, 0.3) is 6.43 Å². The molecule has 0 aliphatic rings. The normalized spacial score (nSPS) is 10.6. The zero-order valence-corrected chi connectivity index (χ0v) is 8.63. The highest BCUT2D eigenvalue weighted by atomic mass is 127. The lowest BCUT2D eigenvalue weighted by Gasteiger charge is -2.03. The van der Waals surface area contributed by atoms with Gasteiger partial charge in [0, 0.05) is 0 Å². The molecular formula is C7H3F3INO2. The van der Waals surface area contributed by atoms with E-state index in [1.54, 1.807) is 0 Å². The Morgan fingerprint density at radius 2 is 2.14 bits per heavy atom. The Bertz CT molecular complexity index is 383. The summed E-state index contributed by atoms with van der Waals surface area (Å²) in [5.41, 5.74) is -1.53. The van der Waals surface area contributed by atoms with Crippen molar-refractivity contribution in [2.75, 3.05) is 0 Å². The molecule has 14 heavy (non-hydrogen) atoms. The van der Waals surface area contributed by atoms with Crippen molar-refractivity contribution in [3.8, 4) is 0 Å². The van der Waals surface area contributed by atoms with Crippen LogP contribution in [0.15, 0.2) is 6.07 Å². The van der Waals surface area contributed by atoms with Crippen LogP contribution in [0.3, 0.4) is 0 Å². The molecular weight excluding hydrogens is 314 g/mol. The van der Waals surface area contributed by atoms with Crippen LogP contribution in [0, 0.1) is 9.52 Å². The van der Waals surface area contributed by atoms with Crippen molar-refractivity contribution in [2.24, 2.45) is 0 Å². The molecule has 1 rings (SSSR count). The summed E-state index contributed by atoms with van der Waals surface area (Å²) in [5.74, 6) is -2.69. The first-order chi connectivity index (χ1) is 6.43. The number of carboxylic acids is 1. The maximum absolute atomic E-state index is 13.0. The van der Waals surface area contributed by atoms with Crippen molar-refractivity contribution in [1.29, 1.82) is 0 Å². The van der Waals surface area contributed by atoms with Crippen LogP contribution in [-0.4, -0.2) is 16.1 Å². The van der Waals surface area contributed by atoms with Crippen LogP contribution in [0.2, 0.25) is 0 Å². The van der Waals surface area contributed by atoms with Gasteiger partial charge in [0.2, 0.25) is 0 Å². The first kappa shape index (κ1) is 11.2. The monoisotopic (exact) mass is 317 g/mol. The fourth-order valence-corrected chi connectivity index (χ4v) is 1.35. The molecule has 1 heterocycles. The number of hydrogen-bond donors (Lipinski definition) is 1. The standard InChI is InChI=1S/C7H3F3INO2/c8-4-2(7(13)14)1-3(5(9)10)12-6(4)11/h1,5H,(H,13,14). The van der Waals surface area contributed by atoms with Crippen LogP contribution in [0.5, 0.6) is 0 Å². The van der Waals surface area contributed by atoms with E-state index in [1.165, 1.54) is 22.6 Å². The second kappa shape index (κ2) is 4.11. The molecule has 76 valence electrons. The zero-order valence-electron chi connectivity index (χ0n) is 6.47. The lowest BCUT2D eigenvalue weighted by Crippen LogP contribution is -2.07. The van der Waals surface area contributed by atoms with Gasteiger partial charge < -0.3 is 5.11 Å². The Morgan fingerprint density at radius 1 is 1.57 bits per heavy atom. The van der Waals surface area contributed by atoms with Crippen molar-refractivity contribution in [3.05, 3.63) is 26.8 Å². The number of halogens is 4. The number of pyridine rings is 1. The second-order valence-electron chi connectivity index (χ2n) is 2.31. The van der Waals surface area contributed by atoms with E-state index >= 15 is 0 Å². The van der Waals surface area contributed by atoms with Crippen LogP contribution in [0.25, 0.3) is 0 Å². The number of alkyl halides is 2. The SMILES string of the molecule is O=C(O)c1cc(C(F)F)nc(I)c1F. The van der Waals surface area contributed by atoms with E-state index in [2.05, 4.69) is 4.98 Å². The van der Waals surface area contributed by atoms with Crippen LogP contribution in [0.4, 0.5) is 13.2 Å². The predicted octanol–water partition coefficient (Wildman–Crippen LogP) is 2.46. The molecule has 0 unspecified atom stereocenters. The summed E-state index contributed by atoms with van der Waals surface area (Å²) >= 11 is 1.36. The van der Waals surface area contributed by atoms with Crippen molar-refractivity contribution < 1.29 is 23.1 Å². The molecule has 1 aromatic heterocycles. The molecule has 1 N–H and O–H groups in total. The van der Waals surface area contributed by atoms with Crippen molar-refractivity contribution in [3.63, 3.8) is 0 Å². The molecule has 7 heteroatoms. The maximum Gasteiger partial charge on any atom is 0.338 e. The maximum atomic E-state index is 13.0. The molecule has 0 saturated carbocycles. The molecule has 0 amide bonds. The number of nitrogens with zero attached hydrogens (tertiary/aromatic N) is 1. The smallest absolute Gasteiger partial charge is 0.338 e. The molecule has 0 aliphatic carbocycles. The summed E-state index contributed by atoms with van der Waals surface area (Å²) in [6.45, 7) is 0. The minimum Gasteiger partial charge on any atom is -0.478 e. The largest absolute Gasteiger partial charge is 0.478 e. The Hall–Kier alpha value is -0.860. The van der Waals surface area contributed by atoms with Gasteiger partial charge in [-0.25, -0.2) is 22.9 Å². The topological polar surface area (TPSA) is 50.2 Å². The van der Waals surface area contributed by atoms with Crippen molar-refractivity contribution >= 4 is 28.6 Å². The molecule has 0 bridgehead atoms. The highest BCUT2D eigenvalue weighted by molar-refractivity contribution is 14.1. The van der Waals surface area contributed by atoms with Crippen LogP contribution >= 0.6 is 22.6 Å². The van der Waals surface area contributed by atoms with E-state index in [0.29, 0.717) is 6.07 Å². The van der Waals surface area contributed by atoms with Crippen LogP contribution < -0.4 is 0 Å². The lowest BCUT2D eigenvalue weighted by molar-refractivity contribution is 0.0690. The van der Waals surface area contributed by atoms with Gasteiger partial charge in [-0.1, -0.05) is 0 Å². The molecule has 1 aromatic rings. The van der Waals surface area contributed by atoms with Gasteiger partial charge in [-0.05, 0) is 28.7 Å². The van der Waals surface area contributed by atoms with Gasteiger partial charge in [-0.15, -0.1) is 0 Å². The molecule has 0 fully saturated rings. The van der Waals surface area contributed by atoms with Crippen molar-refractivity contribution in [2.45, 2.75) is 6.43 Å². The lowest BCUT2D eigenvalue weighted by atomic mass is 10.2. The van der Waals surface area contributed by atoms with E-state index in [1.807, 2.05) is 0 Å². The van der Waals surface area contributed by atoms with E-state index in [0.717, 1.165) is 0 Å². The molecule has 0 saturated heterocycles. The minimum atomic E-state index is -2.91. The number of carbonyl (C=O) groups is 1. The number of aromatic carboxylic acids is 1. The first-order valence-corrected chi connectivity index (χ1v) is 4.38. The summed E-state index contributed by atoms with van der Waals surface area (Å²) < 4.78 is 36.9. The summed E-state index contributed by atoms with van der Waals surface area (Å²) in [4.78, 5) is 13.6. The Kier molecular flexibility index (Phi) is 3.29. The number of aromatic nitrogens is 1. The molecule has 0 radical (unpaired) electrons. The summed E-state index contributed by atoms with van der Waals surface area (Å²) in [6, 6.07) is 0.532. The third kappa shape index (κ3) is 2.14. The predicted molar refractivity (Wildman–Crippen MR) is 48.8 cm³/mol. The molecule has 0 spiro atoms. The fourth-order valence-electron chi connectivity index (χ4n) is 0.784. The summed E-state index contributed by atoms with van der Waals surface area (Å²) in [7, 11) is 0. The van der Waals surface area contributed by atoms with E-state index in [4.69, 9.17) is 5.11 Å². The third-order valence-corrected chi connectivity index (χ3v) is 2.11.